The number of hydrogen-bond donors (Lipinski definition) is 1. The fourth-order valence-corrected chi connectivity index (χ4v) is 4.36. The van der Waals surface area contributed by atoms with Crippen LogP contribution >= 0.6 is 22.7 Å². The molecule has 0 bridgehead atoms. The zero-order chi connectivity index (χ0) is 13.6. The predicted molar refractivity (Wildman–Crippen MR) is 79.0 cm³/mol. The summed E-state index contributed by atoms with van der Waals surface area (Å²) in [6.07, 6.45) is 0. The standard InChI is InChI=1S/C12H10N2O2S3/c1-7-14-9-6-8(2-3-11(9)17-7)10-4-5-12(18-10)19(13,15)16/h2-6H,1H3,(H2,13,15,16). The van der Waals surface area contributed by atoms with E-state index < -0.39 is 10.0 Å². The summed E-state index contributed by atoms with van der Waals surface area (Å²) < 4.78 is 23.8. The average molecular weight is 310 g/mol. The van der Waals surface area contributed by atoms with E-state index >= 15 is 0 Å². The molecule has 0 fully saturated rings. The number of nitrogens with two attached hydrogens (primary N) is 1. The molecule has 3 rings (SSSR count). The quantitative estimate of drug-likeness (QED) is 0.791. The molecule has 1 aromatic carbocycles. The number of aryl methyl sites for hydroxylation is 1. The number of hydrogen-bond acceptors (Lipinski definition) is 5. The average Bonchev–Trinajstić information content (AvgIpc) is 2.90. The van der Waals surface area contributed by atoms with E-state index in [0.717, 1.165) is 25.7 Å². The molecule has 0 saturated carbocycles. The molecule has 0 atom stereocenters. The lowest BCUT2D eigenvalue weighted by Gasteiger charge is -1.96. The van der Waals surface area contributed by atoms with Crippen molar-refractivity contribution in [1.29, 1.82) is 0 Å². The second-order valence-electron chi connectivity index (χ2n) is 4.08. The highest BCUT2D eigenvalue weighted by molar-refractivity contribution is 7.91. The Morgan fingerprint density at radius 1 is 1.16 bits per heavy atom. The summed E-state index contributed by atoms with van der Waals surface area (Å²) in [5.74, 6) is 0. The SMILES string of the molecule is Cc1nc2cc(-c3ccc(S(N)(=O)=O)s3)ccc2s1. The first-order chi connectivity index (χ1) is 8.93. The van der Waals surface area contributed by atoms with Crippen LogP contribution in [0.2, 0.25) is 0 Å². The molecule has 3 aromatic rings. The third-order valence-electron chi connectivity index (χ3n) is 2.64. The normalized spacial score (nSPS) is 12.1. The fourth-order valence-electron chi connectivity index (χ4n) is 1.82. The maximum absolute atomic E-state index is 11.3. The molecule has 2 heterocycles. The first-order valence-corrected chi connectivity index (χ1v) is 8.61. The van der Waals surface area contributed by atoms with Crippen molar-refractivity contribution in [3.8, 4) is 10.4 Å². The van der Waals surface area contributed by atoms with Gasteiger partial charge in [-0.2, -0.15) is 0 Å². The lowest BCUT2D eigenvalue weighted by Crippen LogP contribution is -2.09. The van der Waals surface area contributed by atoms with Crippen molar-refractivity contribution < 1.29 is 8.42 Å². The zero-order valence-corrected chi connectivity index (χ0v) is 12.4. The van der Waals surface area contributed by atoms with E-state index in [1.165, 1.54) is 17.4 Å². The van der Waals surface area contributed by atoms with Gasteiger partial charge in [-0.15, -0.1) is 22.7 Å². The molecule has 0 aliphatic rings. The lowest BCUT2D eigenvalue weighted by atomic mass is 10.2. The van der Waals surface area contributed by atoms with Gasteiger partial charge in [-0.25, -0.2) is 18.5 Å². The van der Waals surface area contributed by atoms with Gasteiger partial charge in [-0.05, 0) is 36.8 Å². The van der Waals surface area contributed by atoms with Crippen molar-refractivity contribution in [1.82, 2.24) is 4.98 Å². The molecule has 4 nitrogen and oxygen atoms in total. The summed E-state index contributed by atoms with van der Waals surface area (Å²) in [6, 6.07) is 9.25. The third-order valence-corrected chi connectivity index (χ3v) is 6.17. The van der Waals surface area contributed by atoms with Gasteiger partial charge in [0.25, 0.3) is 0 Å². The Labute approximate surface area is 118 Å². The van der Waals surface area contributed by atoms with Crippen LogP contribution in [0.5, 0.6) is 0 Å². The molecule has 0 amide bonds. The van der Waals surface area contributed by atoms with Crippen LogP contribution in [-0.4, -0.2) is 13.4 Å². The van der Waals surface area contributed by atoms with Crippen LogP contribution in [0.3, 0.4) is 0 Å². The van der Waals surface area contributed by atoms with Gasteiger partial charge in [-0.1, -0.05) is 6.07 Å². The Hall–Kier alpha value is -1.28. The number of thiazole rings is 1. The molecule has 0 saturated heterocycles. The van der Waals surface area contributed by atoms with Gasteiger partial charge in [0.05, 0.1) is 15.2 Å². The maximum atomic E-state index is 11.3. The van der Waals surface area contributed by atoms with Crippen molar-refractivity contribution in [3.05, 3.63) is 35.3 Å². The van der Waals surface area contributed by atoms with E-state index in [-0.39, 0.29) is 4.21 Å². The molecule has 0 spiro atoms. The van der Waals surface area contributed by atoms with Crippen LogP contribution in [0, 0.1) is 6.92 Å². The second kappa shape index (κ2) is 4.38. The van der Waals surface area contributed by atoms with Crippen molar-refractivity contribution in [2.75, 3.05) is 0 Å². The minimum atomic E-state index is -3.62. The summed E-state index contributed by atoms with van der Waals surface area (Å²) in [6.45, 7) is 1.97. The Morgan fingerprint density at radius 3 is 2.63 bits per heavy atom. The fraction of sp³-hybridized carbons (Fsp3) is 0.0833. The molecule has 2 N–H and O–H groups in total. The second-order valence-corrected chi connectivity index (χ2v) is 8.19. The van der Waals surface area contributed by atoms with Crippen LogP contribution in [-0.2, 0) is 10.0 Å². The molecule has 7 heteroatoms. The van der Waals surface area contributed by atoms with Crippen molar-refractivity contribution in [2.45, 2.75) is 11.1 Å². The Bertz CT molecular complexity index is 862. The Morgan fingerprint density at radius 2 is 1.95 bits per heavy atom. The monoisotopic (exact) mass is 310 g/mol. The smallest absolute Gasteiger partial charge is 0.241 e. The van der Waals surface area contributed by atoms with E-state index in [4.69, 9.17) is 5.14 Å². The van der Waals surface area contributed by atoms with Gasteiger partial charge in [0.15, 0.2) is 0 Å². The Balaban J connectivity index is 2.11. The Kier molecular flexibility index (Phi) is 2.94. The van der Waals surface area contributed by atoms with Gasteiger partial charge in [-0.3, -0.25) is 0 Å². The molecular weight excluding hydrogens is 300 g/mol. The van der Waals surface area contributed by atoms with Gasteiger partial charge in [0.1, 0.15) is 4.21 Å². The highest BCUT2D eigenvalue weighted by atomic mass is 32.2. The largest absolute Gasteiger partial charge is 0.247 e. The van der Waals surface area contributed by atoms with Crippen molar-refractivity contribution in [2.24, 2.45) is 5.14 Å². The summed E-state index contributed by atoms with van der Waals surface area (Å²) in [7, 11) is -3.62. The molecular formula is C12H10N2O2S3. The molecule has 98 valence electrons. The van der Waals surface area contributed by atoms with E-state index in [0.29, 0.717) is 0 Å². The van der Waals surface area contributed by atoms with E-state index in [1.807, 2.05) is 25.1 Å². The van der Waals surface area contributed by atoms with Crippen LogP contribution in [0.1, 0.15) is 5.01 Å². The van der Waals surface area contributed by atoms with Gasteiger partial charge < -0.3 is 0 Å². The number of benzene rings is 1. The first kappa shape index (κ1) is 12.7. The summed E-state index contributed by atoms with van der Waals surface area (Å²) >= 11 is 2.81. The molecule has 0 radical (unpaired) electrons. The number of thiophene rings is 1. The molecule has 0 aliphatic carbocycles. The van der Waals surface area contributed by atoms with E-state index in [1.54, 1.807) is 17.4 Å². The van der Waals surface area contributed by atoms with Crippen LogP contribution in [0.15, 0.2) is 34.5 Å². The van der Waals surface area contributed by atoms with Crippen molar-refractivity contribution in [3.63, 3.8) is 0 Å². The van der Waals surface area contributed by atoms with E-state index in [2.05, 4.69) is 4.98 Å². The molecule has 0 unspecified atom stereocenters. The predicted octanol–water partition coefficient (Wildman–Crippen LogP) is 2.98. The van der Waals surface area contributed by atoms with Crippen LogP contribution < -0.4 is 5.14 Å². The summed E-state index contributed by atoms with van der Waals surface area (Å²) in [5, 5.41) is 6.13. The summed E-state index contributed by atoms with van der Waals surface area (Å²) in [5.41, 5.74) is 1.89. The lowest BCUT2D eigenvalue weighted by molar-refractivity contribution is 0.600. The first-order valence-electron chi connectivity index (χ1n) is 5.44. The number of fused-ring (bicyclic) bond motifs is 1. The topological polar surface area (TPSA) is 73.0 Å². The highest BCUT2D eigenvalue weighted by Gasteiger charge is 2.12. The number of rotatable bonds is 2. The van der Waals surface area contributed by atoms with Gasteiger partial charge in [0.2, 0.25) is 10.0 Å². The minimum absolute atomic E-state index is 0.178. The number of primary sulfonamides is 1. The molecule has 0 aliphatic heterocycles. The number of nitrogens with zero attached hydrogens (tertiary/aromatic N) is 1. The van der Waals surface area contributed by atoms with Gasteiger partial charge >= 0.3 is 0 Å². The summed E-state index contributed by atoms with van der Waals surface area (Å²) in [4.78, 5) is 5.31. The zero-order valence-electron chi connectivity index (χ0n) is 9.95. The van der Waals surface area contributed by atoms with Crippen LogP contribution in [0.25, 0.3) is 20.7 Å². The molecule has 19 heavy (non-hydrogen) atoms. The molecule has 2 aromatic heterocycles. The number of aromatic nitrogens is 1. The van der Waals surface area contributed by atoms with E-state index in [9.17, 15) is 8.42 Å². The maximum Gasteiger partial charge on any atom is 0.247 e. The minimum Gasteiger partial charge on any atom is -0.241 e. The highest BCUT2D eigenvalue weighted by Crippen LogP contribution is 2.33. The third kappa shape index (κ3) is 2.42. The van der Waals surface area contributed by atoms with Crippen LogP contribution in [0.4, 0.5) is 0 Å². The number of sulfonamides is 1. The van der Waals surface area contributed by atoms with Crippen molar-refractivity contribution >= 4 is 42.9 Å². The van der Waals surface area contributed by atoms with Gasteiger partial charge in [0, 0.05) is 4.88 Å².